The fourth-order valence-corrected chi connectivity index (χ4v) is 1.33. The minimum atomic E-state index is 0.180. The van der Waals surface area contributed by atoms with Crippen molar-refractivity contribution in [1.29, 1.82) is 0 Å². The van der Waals surface area contributed by atoms with E-state index in [1.807, 2.05) is 5.38 Å². The number of nitrogens with zero attached hydrogens (tertiary/aromatic N) is 2. The van der Waals surface area contributed by atoms with Crippen molar-refractivity contribution in [3.05, 3.63) is 11.1 Å². The predicted molar refractivity (Wildman–Crippen MR) is 48.1 cm³/mol. The second-order valence-electron chi connectivity index (χ2n) is 2.86. The molecular formula is C7H11ClN2S. The molecule has 4 heteroatoms. The Bertz CT molecular complexity index is 198. The fourth-order valence-electron chi connectivity index (χ4n) is 0.708. The third-order valence-electron chi connectivity index (χ3n) is 1.53. The lowest BCUT2D eigenvalue weighted by atomic mass is 10.1. The van der Waals surface area contributed by atoms with Crippen LogP contribution in [0, 0.1) is 5.92 Å². The molecule has 0 saturated carbocycles. The monoisotopic (exact) mass is 190 g/mol. The van der Waals surface area contributed by atoms with Gasteiger partial charge in [0.1, 0.15) is 0 Å². The quantitative estimate of drug-likeness (QED) is 0.684. The smallest absolute Gasteiger partial charge is 0.0770 e. The largest absolute Gasteiger partial charge is 0.143 e. The highest BCUT2D eigenvalue weighted by Gasteiger charge is 2.11. The molecule has 1 atom stereocenters. The third-order valence-corrected chi connectivity index (χ3v) is 2.74. The van der Waals surface area contributed by atoms with E-state index in [4.69, 9.17) is 11.6 Å². The molecule has 1 unspecified atom stereocenters. The number of hydrogen-bond acceptors (Lipinski definition) is 3. The first-order valence-corrected chi connectivity index (χ1v) is 4.87. The standard InChI is InChI=1S/C7H11ClN2S/c1-5(2)7(8)3-6-4-11-10-9-6/h4-5,7H,3H2,1-2H3. The number of hydrogen-bond donors (Lipinski definition) is 0. The van der Waals surface area contributed by atoms with Gasteiger partial charge in [-0.3, -0.25) is 0 Å². The molecule has 1 aromatic heterocycles. The molecule has 0 spiro atoms. The SMILES string of the molecule is CC(C)C(Cl)Cc1csnn1. The van der Waals surface area contributed by atoms with Crippen molar-refractivity contribution in [3.8, 4) is 0 Å². The molecule has 0 bridgehead atoms. The fraction of sp³-hybridized carbons (Fsp3) is 0.714. The Morgan fingerprint density at radius 2 is 2.36 bits per heavy atom. The van der Waals surface area contributed by atoms with Gasteiger partial charge >= 0.3 is 0 Å². The number of rotatable bonds is 3. The molecule has 62 valence electrons. The maximum atomic E-state index is 6.04. The van der Waals surface area contributed by atoms with Gasteiger partial charge in [-0.05, 0) is 17.5 Å². The molecule has 1 heterocycles. The number of alkyl halides is 1. The summed E-state index contributed by atoms with van der Waals surface area (Å²) in [6.07, 6.45) is 0.829. The van der Waals surface area contributed by atoms with Crippen molar-refractivity contribution < 1.29 is 0 Å². The Labute approximate surface area is 75.7 Å². The van der Waals surface area contributed by atoms with Crippen LogP contribution in [0.1, 0.15) is 19.5 Å². The highest BCUT2D eigenvalue weighted by molar-refractivity contribution is 7.03. The molecule has 11 heavy (non-hydrogen) atoms. The van der Waals surface area contributed by atoms with E-state index in [2.05, 4.69) is 23.4 Å². The molecule has 0 amide bonds. The highest BCUT2D eigenvalue weighted by Crippen LogP contribution is 2.14. The molecule has 0 aliphatic carbocycles. The summed E-state index contributed by atoms with van der Waals surface area (Å²) in [4.78, 5) is 0. The van der Waals surface area contributed by atoms with Crippen LogP contribution in [-0.4, -0.2) is 15.0 Å². The van der Waals surface area contributed by atoms with Crippen LogP contribution in [0.4, 0.5) is 0 Å². The van der Waals surface area contributed by atoms with E-state index in [1.54, 1.807) is 0 Å². The molecule has 1 rings (SSSR count). The lowest BCUT2D eigenvalue weighted by Gasteiger charge is -2.10. The number of halogens is 1. The first-order valence-electron chi connectivity index (χ1n) is 3.60. The Hall–Kier alpha value is -0.150. The van der Waals surface area contributed by atoms with Gasteiger partial charge in [-0.15, -0.1) is 16.7 Å². The van der Waals surface area contributed by atoms with E-state index in [-0.39, 0.29) is 5.38 Å². The van der Waals surface area contributed by atoms with Gasteiger partial charge in [-0.1, -0.05) is 18.3 Å². The zero-order valence-electron chi connectivity index (χ0n) is 6.62. The Morgan fingerprint density at radius 3 is 2.82 bits per heavy atom. The third kappa shape index (κ3) is 2.75. The first-order chi connectivity index (χ1) is 5.20. The summed E-state index contributed by atoms with van der Waals surface area (Å²) >= 11 is 7.42. The summed E-state index contributed by atoms with van der Waals surface area (Å²) in [5, 5.41) is 6.04. The first kappa shape index (κ1) is 8.94. The Balaban J connectivity index is 2.43. The predicted octanol–water partition coefficient (Wildman–Crippen LogP) is 2.34. The van der Waals surface area contributed by atoms with E-state index >= 15 is 0 Å². The minimum absolute atomic E-state index is 0.180. The van der Waals surface area contributed by atoms with Crippen LogP contribution in [0.5, 0.6) is 0 Å². The van der Waals surface area contributed by atoms with Crippen LogP contribution in [0.3, 0.4) is 0 Å². The van der Waals surface area contributed by atoms with Crippen molar-refractivity contribution in [2.75, 3.05) is 0 Å². The molecule has 0 aromatic carbocycles. The van der Waals surface area contributed by atoms with Crippen molar-refractivity contribution in [3.63, 3.8) is 0 Å². The van der Waals surface area contributed by atoms with Crippen molar-refractivity contribution in [1.82, 2.24) is 9.59 Å². The van der Waals surface area contributed by atoms with Gasteiger partial charge in [0, 0.05) is 17.2 Å². The van der Waals surface area contributed by atoms with E-state index in [1.165, 1.54) is 11.5 Å². The molecule has 0 fully saturated rings. The van der Waals surface area contributed by atoms with Gasteiger partial charge in [0.25, 0.3) is 0 Å². The van der Waals surface area contributed by atoms with Crippen molar-refractivity contribution >= 4 is 23.1 Å². The van der Waals surface area contributed by atoms with Gasteiger partial charge in [0.05, 0.1) is 5.69 Å². The zero-order chi connectivity index (χ0) is 8.27. The molecule has 0 saturated heterocycles. The maximum absolute atomic E-state index is 6.04. The minimum Gasteiger partial charge on any atom is -0.143 e. The van der Waals surface area contributed by atoms with Crippen molar-refractivity contribution in [2.45, 2.75) is 25.6 Å². The summed E-state index contributed by atoms with van der Waals surface area (Å²) in [6.45, 7) is 4.22. The Morgan fingerprint density at radius 1 is 1.64 bits per heavy atom. The highest BCUT2D eigenvalue weighted by atomic mass is 35.5. The molecule has 0 radical (unpaired) electrons. The normalized spacial score (nSPS) is 13.8. The summed E-state index contributed by atoms with van der Waals surface area (Å²) in [5.74, 6) is 0.498. The lowest BCUT2D eigenvalue weighted by molar-refractivity contribution is 0.590. The molecular weight excluding hydrogens is 180 g/mol. The lowest BCUT2D eigenvalue weighted by Crippen LogP contribution is -2.11. The summed E-state index contributed by atoms with van der Waals surface area (Å²) in [6, 6.07) is 0. The van der Waals surface area contributed by atoms with Crippen molar-refractivity contribution in [2.24, 2.45) is 5.92 Å². The van der Waals surface area contributed by atoms with Crippen LogP contribution in [0.15, 0.2) is 5.38 Å². The van der Waals surface area contributed by atoms with E-state index in [0.717, 1.165) is 12.1 Å². The number of aromatic nitrogens is 2. The van der Waals surface area contributed by atoms with E-state index in [9.17, 15) is 0 Å². The molecule has 0 aliphatic heterocycles. The van der Waals surface area contributed by atoms with E-state index in [0.29, 0.717) is 5.92 Å². The second kappa shape index (κ2) is 4.02. The summed E-state index contributed by atoms with van der Waals surface area (Å²) in [7, 11) is 0. The second-order valence-corrected chi connectivity index (χ2v) is 4.03. The van der Waals surface area contributed by atoms with Gasteiger partial charge in [0.15, 0.2) is 0 Å². The summed E-state index contributed by atoms with van der Waals surface area (Å²) in [5.41, 5.74) is 1.00. The van der Waals surface area contributed by atoms with E-state index < -0.39 is 0 Å². The summed E-state index contributed by atoms with van der Waals surface area (Å²) < 4.78 is 3.77. The zero-order valence-corrected chi connectivity index (χ0v) is 8.19. The van der Waals surface area contributed by atoms with Gasteiger partial charge in [-0.2, -0.15) is 0 Å². The van der Waals surface area contributed by atoms with Gasteiger partial charge in [-0.25, -0.2) is 0 Å². The van der Waals surface area contributed by atoms with Gasteiger partial charge in [0.2, 0.25) is 0 Å². The van der Waals surface area contributed by atoms with Crippen LogP contribution in [-0.2, 0) is 6.42 Å². The molecule has 1 aromatic rings. The Kier molecular flexibility index (Phi) is 3.27. The van der Waals surface area contributed by atoms with Crippen LogP contribution >= 0.6 is 23.1 Å². The molecule has 0 N–H and O–H groups in total. The maximum Gasteiger partial charge on any atom is 0.0770 e. The van der Waals surface area contributed by atoms with Gasteiger partial charge < -0.3 is 0 Å². The average molecular weight is 191 g/mol. The molecule has 0 aliphatic rings. The average Bonchev–Trinajstić information content (AvgIpc) is 2.39. The van der Waals surface area contributed by atoms with Crippen LogP contribution < -0.4 is 0 Å². The van der Waals surface area contributed by atoms with Crippen LogP contribution in [0.2, 0.25) is 0 Å². The molecule has 2 nitrogen and oxygen atoms in total. The topological polar surface area (TPSA) is 25.8 Å². The van der Waals surface area contributed by atoms with Crippen LogP contribution in [0.25, 0.3) is 0 Å².